The van der Waals surface area contributed by atoms with Crippen molar-refractivity contribution in [3.63, 3.8) is 0 Å². The lowest BCUT2D eigenvalue weighted by atomic mass is 10.00. The number of fused-ring (bicyclic) bond motifs is 1. The minimum absolute atomic E-state index is 0.216. The fraction of sp³-hybridized carbons (Fsp3) is 0.158. The van der Waals surface area contributed by atoms with Crippen LogP contribution in [0, 0.1) is 0 Å². The first-order valence-electron chi connectivity index (χ1n) is 7.89. The van der Waals surface area contributed by atoms with Crippen LogP contribution in [0.1, 0.15) is 11.1 Å². The second-order valence-corrected chi connectivity index (χ2v) is 6.21. The lowest BCUT2D eigenvalue weighted by Crippen LogP contribution is -2.33. The van der Waals surface area contributed by atoms with Crippen molar-refractivity contribution in [1.29, 1.82) is 0 Å². The summed E-state index contributed by atoms with van der Waals surface area (Å²) in [5.41, 5.74) is 3.74. The van der Waals surface area contributed by atoms with Gasteiger partial charge in [0.05, 0.1) is 17.6 Å². The molecule has 120 valence electrons. The SMILES string of the molecule is O=c1c(Cl)c(N2CCc3ccccc3C2)cnn1-c1ccccc1. The quantitative estimate of drug-likeness (QED) is 0.719. The van der Waals surface area contributed by atoms with E-state index in [4.69, 9.17) is 11.6 Å². The average molecular weight is 338 g/mol. The van der Waals surface area contributed by atoms with Crippen molar-refractivity contribution in [2.45, 2.75) is 13.0 Å². The van der Waals surface area contributed by atoms with Crippen molar-refractivity contribution < 1.29 is 0 Å². The van der Waals surface area contributed by atoms with Gasteiger partial charge in [-0.3, -0.25) is 4.79 Å². The molecule has 0 unspecified atom stereocenters. The van der Waals surface area contributed by atoms with Crippen molar-refractivity contribution in [1.82, 2.24) is 9.78 Å². The molecule has 0 radical (unpaired) electrons. The van der Waals surface area contributed by atoms with Gasteiger partial charge in [0.1, 0.15) is 5.02 Å². The molecule has 24 heavy (non-hydrogen) atoms. The highest BCUT2D eigenvalue weighted by Crippen LogP contribution is 2.27. The smallest absolute Gasteiger partial charge is 0.292 e. The zero-order valence-corrected chi connectivity index (χ0v) is 13.8. The van der Waals surface area contributed by atoms with E-state index in [-0.39, 0.29) is 10.6 Å². The number of benzene rings is 2. The van der Waals surface area contributed by atoms with E-state index in [0.29, 0.717) is 11.4 Å². The van der Waals surface area contributed by atoms with Gasteiger partial charge in [0.25, 0.3) is 5.56 Å². The van der Waals surface area contributed by atoms with E-state index in [1.807, 2.05) is 36.4 Å². The largest absolute Gasteiger partial charge is 0.364 e. The van der Waals surface area contributed by atoms with Crippen LogP contribution in [0.4, 0.5) is 5.69 Å². The van der Waals surface area contributed by atoms with E-state index in [0.717, 1.165) is 19.5 Å². The Morgan fingerprint density at radius 2 is 1.67 bits per heavy atom. The summed E-state index contributed by atoms with van der Waals surface area (Å²) in [6.07, 6.45) is 2.62. The lowest BCUT2D eigenvalue weighted by Gasteiger charge is -2.30. The van der Waals surface area contributed by atoms with Crippen LogP contribution in [0.25, 0.3) is 5.69 Å². The molecule has 0 amide bonds. The van der Waals surface area contributed by atoms with Gasteiger partial charge in [-0.25, -0.2) is 0 Å². The van der Waals surface area contributed by atoms with E-state index < -0.39 is 0 Å². The van der Waals surface area contributed by atoms with Crippen molar-refractivity contribution >= 4 is 17.3 Å². The normalized spacial score (nSPS) is 13.6. The Balaban J connectivity index is 1.71. The Morgan fingerprint density at radius 3 is 2.46 bits per heavy atom. The molecular formula is C19H16ClN3O. The maximum absolute atomic E-state index is 12.6. The molecule has 0 saturated heterocycles. The first-order chi connectivity index (χ1) is 11.7. The Hall–Kier alpha value is -2.59. The molecular weight excluding hydrogens is 322 g/mol. The molecule has 4 rings (SSSR count). The van der Waals surface area contributed by atoms with Gasteiger partial charge in [0, 0.05) is 13.1 Å². The summed E-state index contributed by atoms with van der Waals surface area (Å²) in [5.74, 6) is 0. The maximum Gasteiger partial charge on any atom is 0.292 e. The van der Waals surface area contributed by atoms with Crippen LogP contribution >= 0.6 is 11.6 Å². The van der Waals surface area contributed by atoms with Crippen LogP contribution in [0.15, 0.2) is 65.6 Å². The third kappa shape index (κ3) is 2.59. The molecule has 1 aliphatic rings. The molecule has 0 bridgehead atoms. The summed E-state index contributed by atoms with van der Waals surface area (Å²) in [5, 5.41) is 4.53. The van der Waals surface area contributed by atoms with Crippen LogP contribution in [-0.2, 0) is 13.0 Å². The predicted molar refractivity (Wildman–Crippen MR) is 96.0 cm³/mol. The summed E-state index contributed by atoms with van der Waals surface area (Å²) in [7, 11) is 0. The van der Waals surface area contributed by atoms with Crippen molar-refractivity contribution in [2.24, 2.45) is 0 Å². The number of anilines is 1. The van der Waals surface area contributed by atoms with E-state index in [9.17, 15) is 4.79 Å². The van der Waals surface area contributed by atoms with Gasteiger partial charge in [0.2, 0.25) is 0 Å². The number of halogens is 1. The van der Waals surface area contributed by atoms with E-state index in [1.165, 1.54) is 15.8 Å². The summed E-state index contributed by atoms with van der Waals surface area (Å²) < 4.78 is 1.34. The van der Waals surface area contributed by atoms with Gasteiger partial charge in [-0.1, -0.05) is 54.1 Å². The van der Waals surface area contributed by atoms with Gasteiger partial charge in [-0.2, -0.15) is 9.78 Å². The molecule has 5 heteroatoms. The summed E-state index contributed by atoms with van der Waals surface area (Å²) >= 11 is 6.39. The van der Waals surface area contributed by atoms with E-state index in [1.54, 1.807) is 6.20 Å². The second-order valence-electron chi connectivity index (χ2n) is 5.84. The summed E-state index contributed by atoms with van der Waals surface area (Å²) in [6.45, 7) is 1.57. The highest BCUT2D eigenvalue weighted by molar-refractivity contribution is 6.33. The summed E-state index contributed by atoms with van der Waals surface area (Å²) in [4.78, 5) is 14.7. The molecule has 0 atom stereocenters. The first kappa shape index (κ1) is 15.0. The molecule has 1 aromatic heterocycles. The van der Waals surface area contributed by atoms with Crippen molar-refractivity contribution in [2.75, 3.05) is 11.4 Å². The molecule has 1 aliphatic heterocycles. The first-order valence-corrected chi connectivity index (χ1v) is 8.27. The number of rotatable bonds is 2. The zero-order valence-electron chi connectivity index (χ0n) is 13.0. The van der Waals surface area contributed by atoms with Crippen LogP contribution < -0.4 is 10.5 Å². The highest BCUT2D eigenvalue weighted by Gasteiger charge is 2.20. The number of nitrogens with zero attached hydrogens (tertiary/aromatic N) is 3. The molecule has 0 N–H and O–H groups in total. The standard InChI is InChI=1S/C19H16ClN3O/c20-18-17(22-11-10-14-6-4-5-7-15(14)13-22)12-21-23(19(18)24)16-8-2-1-3-9-16/h1-9,12H,10-11,13H2. The number of para-hydroxylation sites is 1. The van der Waals surface area contributed by atoms with Crippen LogP contribution in [0.2, 0.25) is 5.02 Å². The molecule has 4 nitrogen and oxygen atoms in total. The zero-order chi connectivity index (χ0) is 16.5. The molecule has 2 heterocycles. The van der Waals surface area contributed by atoms with Crippen molar-refractivity contribution in [3.05, 3.63) is 87.3 Å². The fourth-order valence-corrected chi connectivity index (χ4v) is 3.35. The monoisotopic (exact) mass is 337 g/mol. The Kier molecular flexibility index (Phi) is 3.82. The van der Waals surface area contributed by atoms with Crippen molar-refractivity contribution in [3.8, 4) is 5.69 Å². The third-order valence-corrected chi connectivity index (χ3v) is 4.73. The number of hydrogen-bond acceptors (Lipinski definition) is 3. The topological polar surface area (TPSA) is 38.1 Å². The lowest BCUT2D eigenvalue weighted by molar-refractivity contribution is 0.718. The summed E-state index contributed by atoms with van der Waals surface area (Å²) in [6, 6.07) is 17.7. The molecule has 3 aromatic rings. The molecule has 0 fully saturated rings. The number of aromatic nitrogens is 2. The number of hydrogen-bond donors (Lipinski definition) is 0. The second kappa shape index (κ2) is 6.13. The van der Waals surface area contributed by atoms with Gasteiger partial charge in [-0.15, -0.1) is 0 Å². The predicted octanol–water partition coefficient (Wildman–Crippen LogP) is 3.45. The van der Waals surface area contributed by atoms with E-state index >= 15 is 0 Å². The minimum atomic E-state index is -0.292. The van der Waals surface area contributed by atoms with Gasteiger partial charge in [0.15, 0.2) is 0 Å². The van der Waals surface area contributed by atoms with Gasteiger partial charge < -0.3 is 4.90 Å². The van der Waals surface area contributed by atoms with Gasteiger partial charge in [-0.05, 0) is 29.7 Å². The van der Waals surface area contributed by atoms with Crippen LogP contribution in [0.5, 0.6) is 0 Å². The maximum atomic E-state index is 12.6. The highest BCUT2D eigenvalue weighted by atomic mass is 35.5. The Morgan fingerprint density at radius 1 is 0.958 bits per heavy atom. The van der Waals surface area contributed by atoms with Gasteiger partial charge >= 0.3 is 0 Å². The molecule has 0 aliphatic carbocycles. The average Bonchev–Trinajstić information content (AvgIpc) is 2.64. The third-order valence-electron chi connectivity index (χ3n) is 4.37. The molecule has 0 saturated carbocycles. The molecule has 0 spiro atoms. The van der Waals surface area contributed by atoms with Crippen LogP contribution in [-0.4, -0.2) is 16.3 Å². The minimum Gasteiger partial charge on any atom is -0.364 e. The molecule has 2 aromatic carbocycles. The van der Waals surface area contributed by atoms with Crippen LogP contribution in [0.3, 0.4) is 0 Å². The fourth-order valence-electron chi connectivity index (χ4n) is 3.10. The Labute approximate surface area is 144 Å². The van der Waals surface area contributed by atoms with E-state index in [2.05, 4.69) is 28.2 Å². The Bertz CT molecular complexity index is 937.